The molecule has 31 heavy (non-hydrogen) atoms. The lowest BCUT2D eigenvalue weighted by Gasteiger charge is -2.26. The van der Waals surface area contributed by atoms with Crippen molar-refractivity contribution < 1.29 is 9.59 Å². The van der Waals surface area contributed by atoms with Gasteiger partial charge in [0.2, 0.25) is 11.8 Å². The average molecular weight is 497 g/mol. The Labute approximate surface area is 201 Å². The fourth-order valence-electron chi connectivity index (χ4n) is 3.61. The van der Waals surface area contributed by atoms with Gasteiger partial charge >= 0.3 is 0 Å². The van der Waals surface area contributed by atoms with Crippen molar-refractivity contribution in [2.45, 2.75) is 39.8 Å². The number of nitrogens with one attached hydrogen (secondary N) is 3. The zero-order chi connectivity index (χ0) is 20.0. The number of rotatable bonds is 9. The maximum absolute atomic E-state index is 12.9. The van der Waals surface area contributed by atoms with E-state index in [2.05, 4.69) is 25.9 Å². The fraction of sp³-hybridized carbons (Fsp3) is 0.579. The molecular formula is C19H32Cl3N7O2. The molecule has 0 saturated carbocycles. The molecule has 0 radical (unpaired) electrons. The van der Waals surface area contributed by atoms with Gasteiger partial charge in [0.05, 0.1) is 5.41 Å². The largest absolute Gasteiger partial charge is 0.354 e. The topological polar surface area (TPSA) is 106 Å². The standard InChI is InChI=1S/C19H29N7O2.3ClH/c1-15-21-5-9-25(15)11-7-23-17(27)13-19(3-4-20-14-19)18(28)24-8-12-26-10-6-22-16(26)2;;;/h5-6,9-10,20H,3-4,7-8,11-14H2,1-2H3,(H,23,27)(H,24,28);3*1H. The van der Waals surface area contributed by atoms with Crippen LogP contribution in [-0.2, 0) is 22.7 Å². The third kappa shape index (κ3) is 7.68. The lowest BCUT2D eigenvalue weighted by atomic mass is 9.82. The van der Waals surface area contributed by atoms with Crippen molar-refractivity contribution in [2.24, 2.45) is 5.41 Å². The summed E-state index contributed by atoms with van der Waals surface area (Å²) in [7, 11) is 0. The van der Waals surface area contributed by atoms with Gasteiger partial charge < -0.3 is 25.1 Å². The Kier molecular flexibility index (Phi) is 12.8. The quantitative estimate of drug-likeness (QED) is 0.485. The summed E-state index contributed by atoms with van der Waals surface area (Å²) in [5.41, 5.74) is -0.682. The van der Waals surface area contributed by atoms with Crippen LogP contribution in [-0.4, -0.2) is 57.1 Å². The van der Waals surface area contributed by atoms with Gasteiger partial charge in [-0.15, -0.1) is 37.2 Å². The summed E-state index contributed by atoms with van der Waals surface area (Å²) in [6.07, 6.45) is 8.13. The third-order valence-corrected chi connectivity index (χ3v) is 5.38. The smallest absolute Gasteiger partial charge is 0.228 e. The zero-order valence-electron chi connectivity index (χ0n) is 17.8. The van der Waals surface area contributed by atoms with E-state index in [1.165, 1.54) is 0 Å². The number of hydrogen-bond acceptors (Lipinski definition) is 5. The molecule has 3 rings (SSSR count). The van der Waals surface area contributed by atoms with Gasteiger partial charge in [0.15, 0.2) is 0 Å². The van der Waals surface area contributed by atoms with Gasteiger partial charge in [0, 0.05) is 63.9 Å². The summed E-state index contributed by atoms with van der Waals surface area (Å²) >= 11 is 0. The zero-order valence-corrected chi connectivity index (χ0v) is 20.2. The number of aryl methyl sites for hydroxylation is 2. The highest BCUT2D eigenvalue weighted by molar-refractivity contribution is 5.89. The number of amides is 2. The van der Waals surface area contributed by atoms with Crippen LogP contribution < -0.4 is 16.0 Å². The van der Waals surface area contributed by atoms with E-state index < -0.39 is 5.41 Å². The van der Waals surface area contributed by atoms with Crippen molar-refractivity contribution in [3.05, 3.63) is 36.4 Å². The van der Waals surface area contributed by atoms with Gasteiger partial charge in [-0.2, -0.15) is 0 Å². The second-order valence-corrected chi connectivity index (χ2v) is 7.33. The van der Waals surface area contributed by atoms with Crippen molar-refractivity contribution in [3.8, 4) is 0 Å². The first-order chi connectivity index (χ1) is 13.5. The lowest BCUT2D eigenvalue weighted by molar-refractivity contribution is -0.135. The minimum absolute atomic E-state index is 0. The first-order valence-corrected chi connectivity index (χ1v) is 9.71. The molecule has 0 bridgehead atoms. The molecule has 12 heteroatoms. The van der Waals surface area contributed by atoms with Crippen LogP contribution in [0.3, 0.4) is 0 Å². The predicted molar refractivity (Wildman–Crippen MR) is 126 cm³/mol. The van der Waals surface area contributed by atoms with Crippen LogP contribution in [0.2, 0.25) is 0 Å². The minimum Gasteiger partial charge on any atom is -0.354 e. The number of nitrogens with zero attached hydrogens (tertiary/aromatic N) is 4. The molecule has 1 aliphatic heterocycles. The van der Waals surface area contributed by atoms with Crippen molar-refractivity contribution in [1.82, 2.24) is 35.1 Å². The summed E-state index contributed by atoms with van der Waals surface area (Å²) in [5.74, 6) is 1.68. The highest BCUT2D eigenvalue weighted by Crippen LogP contribution is 2.30. The molecule has 9 nitrogen and oxygen atoms in total. The molecule has 3 N–H and O–H groups in total. The van der Waals surface area contributed by atoms with Crippen molar-refractivity contribution >= 4 is 49.0 Å². The first-order valence-electron chi connectivity index (χ1n) is 9.71. The van der Waals surface area contributed by atoms with E-state index in [0.717, 1.165) is 18.2 Å². The Balaban J connectivity index is 0.00000300. The molecule has 1 saturated heterocycles. The first kappa shape index (κ1) is 29.2. The van der Waals surface area contributed by atoms with Gasteiger partial charge in [-0.3, -0.25) is 9.59 Å². The van der Waals surface area contributed by atoms with Crippen molar-refractivity contribution in [2.75, 3.05) is 26.2 Å². The van der Waals surface area contributed by atoms with Gasteiger partial charge in [-0.25, -0.2) is 9.97 Å². The summed E-state index contributed by atoms with van der Waals surface area (Å²) in [4.78, 5) is 33.7. The maximum atomic E-state index is 12.9. The molecule has 3 heterocycles. The number of halogens is 3. The normalized spacial score (nSPS) is 17.1. The van der Waals surface area contributed by atoms with Gasteiger partial charge in [0.25, 0.3) is 0 Å². The van der Waals surface area contributed by atoms with Crippen molar-refractivity contribution in [1.29, 1.82) is 0 Å². The third-order valence-electron chi connectivity index (χ3n) is 5.38. The minimum atomic E-state index is -0.682. The predicted octanol–water partition coefficient (Wildman–Crippen LogP) is 1.26. The fourth-order valence-corrected chi connectivity index (χ4v) is 3.61. The Bertz CT molecular complexity index is 819. The average Bonchev–Trinajstić information content (AvgIpc) is 3.39. The number of carbonyl (C=O) groups excluding carboxylic acids is 2. The molecule has 1 atom stereocenters. The number of carbonyl (C=O) groups is 2. The highest BCUT2D eigenvalue weighted by atomic mass is 35.5. The van der Waals surface area contributed by atoms with Gasteiger partial charge in [-0.1, -0.05) is 0 Å². The van der Waals surface area contributed by atoms with Crippen LogP contribution >= 0.6 is 37.2 Å². The Morgan fingerprint density at radius 3 is 2.00 bits per heavy atom. The second kappa shape index (κ2) is 13.6. The maximum Gasteiger partial charge on any atom is 0.228 e. The number of aromatic nitrogens is 4. The summed E-state index contributed by atoms with van der Waals surface area (Å²) in [6, 6.07) is 0. The van der Waals surface area contributed by atoms with Crippen LogP contribution in [0, 0.1) is 19.3 Å². The molecular weight excluding hydrogens is 465 g/mol. The van der Waals surface area contributed by atoms with Crippen LogP contribution in [0.1, 0.15) is 24.5 Å². The molecule has 0 aromatic carbocycles. The molecule has 2 aromatic heterocycles. The SMILES string of the molecule is Cc1nccn1CCNC(=O)CC1(C(=O)NCCn2ccnc2C)CCNC1.Cl.Cl.Cl. The second-order valence-electron chi connectivity index (χ2n) is 7.33. The van der Waals surface area contributed by atoms with Crippen LogP contribution in [0.25, 0.3) is 0 Å². The molecule has 1 fully saturated rings. The number of hydrogen-bond donors (Lipinski definition) is 3. The van der Waals surface area contributed by atoms with E-state index in [-0.39, 0.29) is 55.5 Å². The molecule has 2 amide bonds. The molecule has 0 aliphatic carbocycles. The molecule has 1 aliphatic rings. The molecule has 176 valence electrons. The Morgan fingerprint density at radius 2 is 1.55 bits per heavy atom. The monoisotopic (exact) mass is 495 g/mol. The van der Waals surface area contributed by atoms with E-state index in [1.54, 1.807) is 12.4 Å². The van der Waals surface area contributed by atoms with E-state index >= 15 is 0 Å². The lowest BCUT2D eigenvalue weighted by Crippen LogP contribution is -2.46. The van der Waals surface area contributed by atoms with E-state index in [9.17, 15) is 9.59 Å². The highest BCUT2D eigenvalue weighted by Gasteiger charge is 2.42. The van der Waals surface area contributed by atoms with Crippen LogP contribution in [0.15, 0.2) is 24.8 Å². The van der Waals surface area contributed by atoms with E-state index in [1.807, 2.05) is 35.4 Å². The van der Waals surface area contributed by atoms with Crippen molar-refractivity contribution in [3.63, 3.8) is 0 Å². The number of imidazole rings is 2. The Morgan fingerprint density at radius 1 is 1.00 bits per heavy atom. The Hall–Kier alpha value is -1.81. The summed E-state index contributed by atoms with van der Waals surface area (Å²) < 4.78 is 3.97. The molecule has 0 spiro atoms. The van der Waals surface area contributed by atoms with E-state index in [4.69, 9.17) is 0 Å². The van der Waals surface area contributed by atoms with Gasteiger partial charge in [0.1, 0.15) is 11.6 Å². The molecule has 1 unspecified atom stereocenters. The summed E-state index contributed by atoms with van der Waals surface area (Å²) in [6.45, 7) is 7.49. The van der Waals surface area contributed by atoms with E-state index in [0.29, 0.717) is 39.1 Å². The molecule has 2 aromatic rings. The van der Waals surface area contributed by atoms with Crippen LogP contribution in [0.5, 0.6) is 0 Å². The van der Waals surface area contributed by atoms with Gasteiger partial charge in [-0.05, 0) is 26.8 Å². The van der Waals surface area contributed by atoms with Crippen LogP contribution in [0.4, 0.5) is 0 Å². The summed E-state index contributed by atoms with van der Waals surface area (Å²) in [5, 5.41) is 9.17.